The van der Waals surface area contributed by atoms with Gasteiger partial charge in [0, 0.05) is 17.3 Å². The van der Waals surface area contributed by atoms with E-state index in [1.807, 2.05) is 0 Å². The van der Waals surface area contributed by atoms with E-state index in [2.05, 4.69) is 9.73 Å². The van der Waals surface area contributed by atoms with E-state index in [1.165, 1.54) is 7.11 Å². The second-order valence-electron chi connectivity index (χ2n) is 3.85. The highest BCUT2D eigenvalue weighted by Crippen LogP contribution is 2.31. The monoisotopic (exact) mass is 225 g/mol. The molecule has 1 rings (SSSR count). The average molecular weight is 225 g/mol. The Hall–Kier alpha value is -1.65. The highest BCUT2D eigenvalue weighted by molar-refractivity contribution is 6.05. The summed E-state index contributed by atoms with van der Waals surface area (Å²) in [6.45, 7) is 5.05. The van der Waals surface area contributed by atoms with Crippen molar-refractivity contribution in [1.82, 2.24) is 0 Å². The third-order valence-corrected chi connectivity index (χ3v) is 2.81. The Morgan fingerprint density at radius 1 is 1.38 bits per heavy atom. The fourth-order valence-corrected chi connectivity index (χ4v) is 2.09. The predicted molar refractivity (Wildman–Crippen MR) is 58.1 cm³/mol. The lowest BCUT2D eigenvalue weighted by Crippen LogP contribution is -2.34. The van der Waals surface area contributed by atoms with Crippen molar-refractivity contribution in [2.45, 2.75) is 20.8 Å². The van der Waals surface area contributed by atoms with Gasteiger partial charge >= 0.3 is 11.9 Å². The molecule has 1 aliphatic rings. The van der Waals surface area contributed by atoms with E-state index >= 15 is 0 Å². The lowest BCUT2D eigenvalue weighted by atomic mass is 9.81. The van der Waals surface area contributed by atoms with Crippen molar-refractivity contribution in [3.63, 3.8) is 0 Å². The van der Waals surface area contributed by atoms with Gasteiger partial charge in [0.25, 0.3) is 0 Å². The van der Waals surface area contributed by atoms with Gasteiger partial charge < -0.3 is 9.84 Å². The maximum atomic E-state index is 11.5. The lowest BCUT2D eigenvalue weighted by molar-refractivity contribution is -0.141. The first-order valence-electron chi connectivity index (χ1n) is 4.97. The Morgan fingerprint density at radius 2 is 1.94 bits per heavy atom. The number of allylic oxidation sites excluding steroid dienone is 1. The topological polar surface area (TPSA) is 76.0 Å². The van der Waals surface area contributed by atoms with Crippen molar-refractivity contribution in [3.8, 4) is 0 Å². The maximum Gasteiger partial charge on any atom is 0.335 e. The van der Waals surface area contributed by atoms with E-state index in [1.54, 1.807) is 20.8 Å². The summed E-state index contributed by atoms with van der Waals surface area (Å²) in [5.74, 6) is -2.64. The smallest absolute Gasteiger partial charge is 0.335 e. The molecule has 0 saturated carbocycles. The number of carbonyl (C=O) groups excluding carboxylic acids is 1. The molecular weight excluding hydrogens is 210 g/mol. The molecule has 0 amide bonds. The van der Waals surface area contributed by atoms with Gasteiger partial charge in [-0.3, -0.25) is 9.79 Å². The number of esters is 1. The summed E-state index contributed by atoms with van der Waals surface area (Å²) in [5.41, 5.74) is 1.40. The molecule has 0 aromatic rings. The Balaban J connectivity index is 3.22. The zero-order valence-corrected chi connectivity index (χ0v) is 9.77. The van der Waals surface area contributed by atoms with E-state index in [4.69, 9.17) is 5.11 Å². The summed E-state index contributed by atoms with van der Waals surface area (Å²) in [6.07, 6.45) is 0. The molecule has 0 bridgehead atoms. The highest BCUT2D eigenvalue weighted by Gasteiger charge is 2.37. The summed E-state index contributed by atoms with van der Waals surface area (Å²) >= 11 is 0. The molecule has 0 aromatic heterocycles. The fraction of sp³-hybridized carbons (Fsp3) is 0.545. The van der Waals surface area contributed by atoms with Crippen LogP contribution in [0.2, 0.25) is 0 Å². The van der Waals surface area contributed by atoms with Gasteiger partial charge in [-0.25, -0.2) is 4.79 Å². The quantitative estimate of drug-likeness (QED) is 0.717. The third-order valence-electron chi connectivity index (χ3n) is 2.81. The van der Waals surface area contributed by atoms with Gasteiger partial charge in [0.15, 0.2) is 0 Å². The number of aliphatic imine (C=N–C) groups is 1. The van der Waals surface area contributed by atoms with Crippen LogP contribution in [-0.2, 0) is 14.3 Å². The molecule has 5 heteroatoms. The lowest BCUT2D eigenvalue weighted by Gasteiger charge is -2.26. The van der Waals surface area contributed by atoms with E-state index in [9.17, 15) is 9.59 Å². The summed E-state index contributed by atoms with van der Waals surface area (Å²) in [4.78, 5) is 26.7. The summed E-state index contributed by atoms with van der Waals surface area (Å²) in [5, 5.41) is 9.08. The Bertz CT molecular complexity index is 395. The minimum Gasteiger partial charge on any atom is -0.481 e. The Kier molecular flexibility index (Phi) is 3.47. The van der Waals surface area contributed by atoms with Crippen LogP contribution in [0.1, 0.15) is 20.8 Å². The van der Waals surface area contributed by atoms with E-state index < -0.39 is 23.8 Å². The normalized spacial score (nSPS) is 25.1. The minimum atomic E-state index is -0.970. The van der Waals surface area contributed by atoms with Gasteiger partial charge in [-0.15, -0.1) is 0 Å². The fourth-order valence-electron chi connectivity index (χ4n) is 2.09. The predicted octanol–water partition coefficient (Wildman–Crippen LogP) is 1.24. The van der Waals surface area contributed by atoms with Crippen LogP contribution in [-0.4, -0.2) is 29.9 Å². The molecule has 1 heterocycles. The number of carboxylic acid groups (broad SMARTS) is 1. The molecule has 88 valence electrons. The molecule has 1 aliphatic heterocycles. The Morgan fingerprint density at radius 3 is 2.38 bits per heavy atom. The van der Waals surface area contributed by atoms with Crippen molar-refractivity contribution in [3.05, 3.63) is 11.3 Å². The van der Waals surface area contributed by atoms with Gasteiger partial charge in [-0.2, -0.15) is 0 Å². The number of aliphatic carboxylic acids is 1. The Labute approximate surface area is 93.8 Å². The highest BCUT2D eigenvalue weighted by atomic mass is 16.5. The van der Waals surface area contributed by atoms with Crippen LogP contribution >= 0.6 is 0 Å². The SMILES string of the molecule is COC(=O)C1=C(C)N=C(C)C(C(=O)O)C1C. The minimum absolute atomic E-state index is 0.348. The molecule has 1 N–H and O–H groups in total. The number of hydrogen-bond donors (Lipinski definition) is 1. The molecule has 0 saturated heterocycles. The van der Waals surface area contributed by atoms with Crippen molar-refractivity contribution in [2.24, 2.45) is 16.8 Å². The van der Waals surface area contributed by atoms with Crippen LogP contribution < -0.4 is 0 Å². The second-order valence-corrected chi connectivity index (χ2v) is 3.85. The van der Waals surface area contributed by atoms with E-state index in [0.717, 1.165) is 0 Å². The summed E-state index contributed by atoms with van der Waals surface area (Å²) < 4.78 is 4.63. The van der Waals surface area contributed by atoms with Crippen molar-refractivity contribution in [2.75, 3.05) is 7.11 Å². The van der Waals surface area contributed by atoms with Gasteiger partial charge in [-0.1, -0.05) is 6.92 Å². The van der Waals surface area contributed by atoms with Gasteiger partial charge in [0.1, 0.15) is 5.92 Å². The number of methoxy groups -OCH3 is 1. The van der Waals surface area contributed by atoms with Crippen LogP contribution in [0.25, 0.3) is 0 Å². The van der Waals surface area contributed by atoms with Crippen LogP contribution in [0.3, 0.4) is 0 Å². The van der Waals surface area contributed by atoms with Crippen LogP contribution in [0, 0.1) is 11.8 Å². The standard InChI is InChI=1S/C11H15NO4/c1-5-8(10(13)14)6(2)12-7(3)9(5)11(15)16-4/h5,8H,1-4H3,(H,13,14). The third kappa shape index (κ3) is 1.98. The van der Waals surface area contributed by atoms with Gasteiger partial charge in [-0.05, 0) is 13.8 Å². The van der Waals surface area contributed by atoms with Crippen LogP contribution in [0.5, 0.6) is 0 Å². The summed E-state index contributed by atoms with van der Waals surface area (Å²) in [6, 6.07) is 0. The molecule has 0 fully saturated rings. The number of carbonyl (C=O) groups is 2. The van der Waals surface area contributed by atoms with Crippen LogP contribution in [0.15, 0.2) is 16.3 Å². The largest absolute Gasteiger partial charge is 0.481 e. The number of nitrogens with zero attached hydrogens (tertiary/aromatic N) is 1. The number of carboxylic acids is 1. The number of ether oxygens (including phenoxy) is 1. The first kappa shape index (κ1) is 12.4. The van der Waals surface area contributed by atoms with Crippen molar-refractivity contribution < 1.29 is 19.4 Å². The molecule has 16 heavy (non-hydrogen) atoms. The molecular formula is C11H15NO4. The van der Waals surface area contributed by atoms with Gasteiger partial charge in [0.2, 0.25) is 0 Å². The van der Waals surface area contributed by atoms with E-state index in [0.29, 0.717) is 17.0 Å². The average Bonchev–Trinajstić information content (AvgIpc) is 2.15. The molecule has 2 atom stereocenters. The van der Waals surface area contributed by atoms with Crippen LogP contribution in [0.4, 0.5) is 0 Å². The maximum absolute atomic E-state index is 11.5. The molecule has 0 aliphatic carbocycles. The van der Waals surface area contributed by atoms with Gasteiger partial charge in [0.05, 0.1) is 12.7 Å². The number of rotatable bonds is 2. The first-order valence-corrected chi connectivity index (χ1v) is 4.97. The van der Waals surface area contributed by atoms with Crippen molar-refractivity contribution >= 4 is 17.7 Å². The molecule has 0 aromatic carbocycles. The summed E-state index contributed by atoms with van der Waals surface area (Å²) in [7, 11) is 1.27. The molecule has 5 nitrogen and oxygen atoms in total. The zero-order chi connectivity index (χ0) is 12.5. The molecule has 0 spiro atoms. The first-order chi connectivity index (χ1) is 7.40. The number of hydrogen-bond acceptors (Lipinski definition) is 4. The van der Waals surface area contributed by atoms with Crippen molar-refractivity contribution in [1.29, 1.82) is 0 Å². The second kappa shape index (κ2) is 4.47. The molecule has 2 unspecified atom stereocenters. The molecule has 0 radical (unpaired) electrons. The van der Waals surface area contributed by atoms with E-state index in [-0.39, 0.29) is 0 Å². The zero-order valence-electron chi connectivity index (χ0n) is 9.77.